The van der Waals surface area contributed by atoms with Crippen LogP contribution in [0.5, 0.6) is 0 Å². The number of halogens is 1. The van der Waals surface area contributed by atoms with Gasteiger partial charge in [0.1, 0.15) is 5.82 Å². The fraction of sp³-hybridized carbons (Fsp3) is 0.176. The highest BCUT2D eigenvalue weighted by Gasteiger charge is 2.15. The molecule has 2 amide bonds. The third-order valence-electron chi connectivity index (χ3n) is 3.00. The smallest absolute Gasteiger partial charge is 0.237 e. The molecule has 4 nitrogen and oxygen atoms in total. The lowest BCUT2D eigenvalue weighted by molar-refractivity contribution is -0.115. The Kier molecular flexibility index (Phi) is 6.17. The second-order valence-electron chi connectivity index (χ2n) is 4.86. The van der Waals surface area contributed by atoms with Gasteiger partial charge in [0.05, 0.1) is 11.0 Å². The summed E-state index contributed by atoms with van der Waals surface area (Å²) in [7, 11) is 0. The molecule has 0 unspecified atom stereocenters. The van der Waals surface area contributed by atoms with Gasteiger partial charge in [-0.3, -0.25) is 9.59 Å². The average Bonchev–Trinajstić information content (AvgIpc) is 2.55. The van der Waals surface area contributed by atoms with Crippen molar-refractivity contribution in [1.82, 2.24) is 0 Å². The fourth-order valence-electron chi connectivity index (χ4n) is 1.77. The van der Waals surface area contributed by atoms with Crippen LogP contribution in [0.4, 0.5) is 15.8 Å². The summed E-state index contributed by atoms with van der Waals surface area (Å²) in [6.45, 7) is 1.74. The van der Waals surface area contributed by atoms with E-state index in [4.69, 9.17) is 0 Å². The number of rotatable bonds is 6. The zero-order chi connectivity index (χ0) is 16.7. The Morgan fingerprint density at radius 1 is 1.00 bits per heavy atom. The van der Waals surface area contributed by atoms with E-state index in [2.05, 4.69) is 10.6 Å². The lowest BCUT2D eigenvalue weighted by Crippen LogP contribution is -2.25. The van der Waals surface area contributed by atoms with E-state index in [1.165, 1.54) is 36.0 Å². The number of amides is 2. The van der Waals surface area contributed by atoms with E-state index in [0.717, 1.165) is 5.69 Å². The summed E-state index contributed by atoms with van der Waals surface area (Å²) >= 11 is 1.24. The molecule has 0 saturated carbocycles. The molecule has 0 aromatic heterocycles. The molecule has 0 heterocycles. The van der Waals surface area contributed by atoms with Gasteiger partial charge in [-0.05, 0) is 43.3 Å². The number of benzene rings is 2. The van der Waals surface area contributed by atoms with Crippen LogP contribution < -0.4 is 10.6 Å². The molecule has 120 valence electrons. The van der Waals surface area contributed by atoms with Crippen LogP contribution in [-0.4, -0.2) is 22.8 Å². The van der Waals surface area contributed by atoms with E-state index in [1.807, 2.05) is 18.2 Å². The molecular weight excluding hydrogens is 315 g/mol. The maximum atomic E-state index is 12.8. The van der Waals surface area contributed by atoms with Crippen molar-refractivity contribution in [1.29, 1.82) is 0 Å². The van der Waals surface area contributed by atoms with Gasteiger partial charge in [0.15, 0.2) is 0 Å². The number of hydrogen-bond donors (Lipinski definition) is 2. The van der Waals surface area contributed by atoms with Crippen LogP contribution in [0.15, 0.2) is 54.6 Å². The Hall–Kier alpha value is -2.34. The van der Waals surface area contributed by atoms with Crippen LogP contribution in [0, 0.1) is 5.82 Å². The molecule has 2 N–H and O–H groups in total. The number of para-hydroxylation sites is 1. The lowest BCUT2D eigenvalue weighted by Gasteiger charge is -2.12. The molecule has 0 aliphatic carbocycles. The molecule has 0 aliphatic rings. The third kappa shape index (κ3) is 5.75. The predicted molar refractivity (Wildman–Crippen MR) is 92.0 cm³/mol. The maximum Gasteiger partial charge on any atom is 0.237 e. The van der Waals surface area contributed by atoms with Crippen molar-refractivity contribution >= 4 is 35.0 Å². The van der Waals surface area contributed by atoms with Crippen LogP contribution >= 0.6 is 11.8 Å². The minimum Gasteiger partial charge on any atom is -0.325 e. The first kappa shape index (κ1) is 17.0. The summed E-state index contributed by atoms with van der Waals surface area (Å²) in [5.41, 5.74) is 1.25. The molecule has 2 aromatic carbocycles. The van der Waals surface area contributed by atoms with Crippen LogP contribution in [-0.2, 0) is 9.59 Å². The first-order valence-electron chi connectivity index (χ1n) is 7.07. The minimum atomic E-state index is -0.367. The zero-order valence-electron chi connectivity index (χ0n) is 12.6. The molecule has 0 fully saturated rings. The van der Waals surface area contributed by atoms with Gasteiger partial charge in [-0.15, -0.1) is 11.8 Å². The van der Waals surface area contributed by atoms with Crippen LogP contribution in [0.3, 0.4) is 0 Å². The summed E-state index contributed by atoms with van der Waals surface area (Å²) in [6, 6.07) is 14.7. The molecule has 0 radical (unpaired) electrons. The highest BCUT2D eigenvalue weighted by Crippen LogP contribution is 2.15. The fourth-order valence-corrected chi connectivity index (χ4v) is 2.46. The van der Waals surface area contributed by atoms with Gasteiger partial charge >= 0.3 is 0 Å². The maximum absolute atomic E-state index is 12.8. The van der Waals surface area contributed by atoms with E-state index >= 15 is 0 Å². The average molecular weight is 332 g/mol. The van der Waals surface area contributed by atoms with Gasteiger partial charge in [-0.25, -0.2) is 4.39 Å². The molecule has 0 saturated heterocycles. The van der Waals surface area contributed by atoms with Gasteiger partial charge < -0.3 is 10.6 Å². The standard InChI is InChI=1S/C17H17FN2O2S/c1-12(17(22)20-14-5-3-2-4-6-14)23-11-16(21)19-15-9-7-13(18)8-10-15/h2-10,12H,11H2,1H3,(H,19,21)(H,20,22)/t12-/m1/s1. The van der Waals surface area contributed by atoms with Crippen molar-refractivity contribution in [3.63, 3.8) is 0 Å². The molecule has 2 aromatic rings. The number of nitrogens with one attached hydrogen (secondary N) is 2. The van der Waals surface area contributed by atoms with Crippen molar-refractivity contribution < 1.29 is 14.0 Å². The van der Waals surface area contributed by atoms with Crippen molar-refractivity contribution in [2.45, 2.75) is 12.2 Å². The van der Waals surface area contributed by atoms with Gasteiger partial charge in [0, 0.05) is 11.4 Å². The molecule has 23 heavy (non-hydrogen) atoms. The number of anilines is 2. The molecule has 0 spiro atoms. The molecule has 6 heteroatoms. The summed E-state index contributed by atoms with van der Waals surface area (Å²) in [5, 5.41) is 5.08. The molecule has 0 bridgehead atoms. The summed E-state index contributed by atoms with van der Waals surface area (Å²) in [6.07, 6.45) is 0. The molecule has 1 atom stereocenters. The van der Waals surface area contributed by atoms with Crippen LogP contribution in [0.1, 0.15) is 6.92 Å². The Morgan fingerprint density at radius 2 is 1.61 bits per heavy atom. The third-order valence-corrected chi connectivity index (χ3v) is 4.15. The second-order valence-corrected chi connectivity index (χ2v) is 6.19. The van der Waals surface area contributed by atoms with Crippen LogP contribution in [0.2, 0.25) is 0 Å². The number of thioether (sulfide) groups is 1. The van der Waals surface area contributed by atoms with E-state index in [-0.39, 0.29) is 28.6 Å². The van der Waals surface area contributed by atoms with Gasteiger partial charge in [0.2, 0.25) is 11.8 Å². The number of carbonyl (C=O) groups excluding carboxylic acids is 2. The summed E-state index contributed by atoms with van der Waals surface area (Å²) in [5.74, 6) is -0.610. The Labute approximate surface area is 138 Å². The quantitative estimate of drug-likeness (QED) is 0.851. The Bertz CT molecular complexity index is 662. The topological polar surface area (TPSA) is 58.2 Å². The van der Waals surface area contributed by atoms with E-state index in [1.54, 1.807) is 19.1 Å². The number of hydrogen-bond acceptors (Lipinski definition) is 3. The van der Waals surface area contributed by atoms with Crippen LogP contribution in [0.25, 0.3) is 0 Å². The monoisotopic (exact) mass is 332 g/mol. The highest BCUT2D eigenvalue weighted by molar-refractivity contribution is 8.01. The van der Waals surface area contributed by atoms with Crippen molar-refractivity contribution in [2.75, 3.05) is 16.4 Å². The summed E-state index contributed by atoms with van der Waals surface area (Å²) < 4.78 is 12.8. The van der Waals surface area contributed by atoms with Gasteiger partial charge in [-0.1, -0.05) is 18.2 Å². The highest BCUT2D eigenvalue weighted by atomic mass is 32.2. The number of carbonyl (C=O) groups is 2. The SMILES string of the molecule is C[C@@H](SCC(=O)Nc1ccc(F)cc1)C(=O)Nc1ccccc1. The lowest BCUT2D eigenvalue weighted by atomic mass is 10.3. The second kappa shape index (κ2) is 8.33. The molecular formula is C17H17FN2O2S. The van der Waals surface area contributed by atoms with Crippen molar-refractivity contribution in [3.05, 3.63) is 60.4 Å². The van der Waals surface area contributed by atoms with Crippen molar-refractivity contribution in [2.24, 2.45) is 0 Å². The predicted octanol–water partition coefficient (Wildman–Crippen LogP) is 3.52. The Balaban J connectivity index is 1.76. The largest absolute Gasteiger partial charge is 0.325 e. The van der Waals surface area contributed by atoms with Crippen molar-refractivity contribution in [3.8, 4) is 0 Å². The van der Waals surface area contributed by atoms with E-state index in [9.17, 15) is 14.0 Å². The first-order valence-corrected chi connectivity index (χ1v) is 8.12. The zero-order valence-corrected chi connectivity index (χ0v) is 13.4. The minimum absolute atomic E-state index is 0.140. The van der Waals surface area contributed by atoms with E-state index in [0.29, 0.717) is 5.69 Å². The Morgan fingerprint density at radius 3 is 2.26 bits per heavy atom. The normalized spacial score (nSPS) is 11.6. The summed E-state index contributed by atoms with van der Waals surface area (Å²) in [4.78, 5) is 23.8. The van der Waals surface area contributed by atoms with Gasteiger partial charge in [-0.2, -0.15) is 0 Å². The van der Waals surface area contributed by atoms with Gasteiger partial charge in [0.25, 0.3) is 0 Å². The van der Waals surface area contributed by atoms with E-state index < -0.39 is 0 Å². The molecule has 2 rings (SSSR count). The molecule has 0 aliphatic heterocycles. The first-order chi connectivity index (χ1) is 11.0.